The lowest BCUT2D eigenvalue weighted by Gasteiger charge is -2.12. The maximum Gasteiger partial charge on any atom is 0.260 e. The molecule has 1 amide bonds. The van der Waals surface area contributed by atoms with E-state index in [0.29, 0.717) is 28.6 Å². The summed E-state index contributed by atoms with van der Waals surface area (Å²) in [5, 5.41) is 7.53. The number of nitrogens with one attached hydrogen (secondary N) is 1. The summed E-state index contributed by atoms with van der Waals surface area (Å²) in [6.45, 7) is 0. The van der Waals surface area contributed by atoms with Gasteiger partial charge in [-0.1, -0.05) is 30.3 Å². The number of carbonyl (C=O) groups is 1. The first kappa shape index (κ1) is 16.5. The highest BCUT2D eigenvalue weighted by molar-refractivity contribution is 7.83. The Morgan fingerprint density at radius 1 is 1.12 bits per heavy atom. The van der Waals surface area contributed by atoms with Crippen LogP contribution in [-0.2, 0) is 22.3 Å². The van der Waals surface area contributed by atoms with Crippen molar-refractivity contribution < 1.29 is 13.7 Å². The fraction of sp³-hybridized carbons (Fsp3) is 0.158. The predicted octanol–water partition coefficient (Wildman–Crippen LogP) is 2.90. The molecule has 1 atom stereocenters. The van der Waals surface area contributed by atoms with Gasteiger partial charge in [0, 0.05) is 16.4 Å². The number of para-hydroxylation sites is 2. The number of benzene rings is 2. The van der Waals surface area contributed by atoms with Crippen molar-refractivity contribution in [3.8, 4) is 11.4 Å². The second kappa shape index (κ2) is 6.76. The van der Waals surface area contributed by atoms with Crippen LogP contribution in [0.25, 0.3) is 5.69 Å². The molecule has 26 heavy (non-hydrogen) atoms. The quantitative estimate of drug-likeness (QED) is 0.770. The number of nitrogens with zero attached hydrogens (tertiary/aromatic N) is 2. The molecule has 0 radical (unpaired) electrons. The third-order valence-electron chi connectivity index (χ3n) is 4.25. The number of rotatable bonds is 4. The number of aromatic nitrogens is 2. The standard InChI is InChI=1S/C19H17N3O3S/c1-25-17-10-6-5-9-14(17)19(23)20-18-15-11-26(24)12-16(15)21-22(18)13-7-3-2-4-8-13/h2-10H,11-12H2,1H3,(H,20,23)/t26-/m1/s1. The number of methoxy groups -OCH3 is 1. The molecule has 1 aliphatic rings. The molecule has 0 aliphatic carbocycles. The summed E-state index contributed by atoms with van der Waals surface area (Å²) in [5.41, 5.74) is 2.87. The van der Waals surface area contributed by atoms with Crippen molar-refractivity contribution in [2.75, 3.05) is 12.4 Å². The van der Waals surface area contributed by atoms with Gasteiger partial charge in [0.05, 0.1) is 35.6 Å². The number of anilines is 1. The summed E-state index contributed by atoms with van der Waals surface area (Å²) in [6.07, 6.45) is 0. The van der Waals surface area contributed by atoms with Crippen molar-refractivity contribution in [3.63, 3.8) is 0 Å². The zero-order chi connectivity index (χ0) is 18.1. The first-order valence-corrected chi connectivity index (χ1v) is 9.61. The molecule has 1 N–H and O–H groups in total. The van der Waals surface area contributed by atoms with Crippen LogP contribution >= 0.6 is 0 Å². The average molecular weight is 367 g/mol. The van der Waals surface area contributed by atoms with E-state index < -0.39 is 10.8 Å². The van der Waals surface area contributed by atoms with E-state index in [9.17, 15) is 9.00 Å². The van der Waals surface area contributed by atoms with Gasteiger partial charge in [-0.05, 0) is 24.3 Å². The number of carbonyl (C=O) groups excluding carboxylic acids is 1. The lowest BCUT2D eigenvalue weighted by atomic mass is 10.2. The Labute approximate surface area is 153 Å². The molecular weight excluding hydrogens is 350 g/mol. The minimum Gasteiger partial charge on any atom is -0.496 e. The second-order valence-corrected chi connectivity index (χ2v) is 7.36. The van der Waals surface area contributed by atoms with Crippen molar-refractivity contribution in [3.05, 3.63) is 71.4 Å². The number of ether oxygens (including phenoxy) is 1. The van der Waals surface area contributed by atoms with Crippen LogP contribution in [0, 0.1) is 0 Å². The zero-order valence-electron chi connectivity index (χ0n) is 14.1. The lowest BCUT2D eigenvalue weighted by molar-refractivity contribution is 0.102. The van der Waals surface area contributed by atoms with E-state index in [4.69, 9.17) is 4.74 Å². The lowest BCUT2D eigenvalue weighted by Crippen LogP contribution is -2.17. The zero-order valence-corrected chi connectivity index (χ0v) is 15.0. The molecule has 0 spiro atoms. The van der Waals surface area contributed by atoms with Crippen molar-refractivity contribution in [2.24, 2.45) is 0 Å². The molecule has 1 aliphatic heterocycles. The van der Waals surface area contributed by atoms with Crippen LogP contribution in [0.3, 0.4) is 0 Å². The van der Waals surface area contributed by atoms with Gasteiger partial charge in [-0.25, -0.2) is 4.68 Å². The van der Waals surface area contributed by atoms with Gasteiger partial charge in [0.2, 0.25) is 0 Å². The molecule has 1 aromatic heterocycles. The summed E-state index contributed by atoms with van der Waals surface area (Å²) in [4.78, 5) is 12.8. The Morgan fingerprint density at radius 2 is 1.85 bits per heavy atom. The van der Waals surface area contributed by atoms with E-state index >= 15 is 0 Å². The van der Waals surface area contributed by atoms with E-state index in [0.717, 1.165) is 16.9 Å². The van der Waals surface area contributed by atoms with Gasteiger partial charge in [0.15, 0.2) is 0 Å². The molecule has 132 valence electrons. The van der Waals surface area contributed by atoms with Crippen molar-refractivity contribution in [1.29, 1.82) is 0 Å². The minimum absolute atomic E-state index is 0.292. The molecule has 0 bridgehead atoms. The largest absolute Gasteiger partial charge is 0.496 e. The maximum atomic E-state index is 12.8. The van der Waals surface area contributed by atoms with Gasteiger partial charge in [-0.2, -0.15) is 5.10 Å². The molecular formula is C19H17N3O3S. The van der Waals surface area contributed by atoms with Crippen LogP contribution in [0.4, 0.5) is 5.82 Å². The molecule has 6 nitrogen and oxygen atoms in total. The SMILES string of the molecule is COc1ccccc1C(=O)Nc1c2c(nn1-c1ccccc1)C[S@](=O)C2. The maximum absolute atomic E-state index is 12.8. The molecule has 2 heterocycles. The summed E-state index contributed by atoms with van der Waals surface area (Å²) in [5.74, 6) is 1.57. The molecule has 4 rings (SSSR count). The third-order valence-corrected chi connectivity index (χ3v) is 5.46. The van der Waals surface area contributed by atoms with Gasteiger partial charge < -0.3 is 10.1 Å². The van der Waals surface area contributed by atoms with Crippen LogP contribution in [0.15, 0.2) is 54.6 Å². The van der Waals surface area contributed by atoms with Gasteiger partial charge in [-0.3, -0.25) is 9.00 Å². The van der Waals surface area contributed by atoms with Crippen molar-refractivity contribution in [2.45, 2.75) is 11.5 Å². The molecule has 0 unspecified atom stereocenters. The summed E-state index contributed by atoms with van der Waals surface area (Å²) < 4.78 is 18.9. The normalized spacial score (nSPS) is 15.5. The summed E-state index contributed by atoms with van der Waals surface area (Å²) in [6, 6.07) is 16.6. The Kier molecular flexibility index (Phi) is 4.30. The highest BCUT2D eigenvalue weighted by Gasteiger charge is 2.28. The minimum atomic E-state index is -0.980. The fourth-order valence-electron chi connectivity index (χ4n) is 3.02. The van der Waals surface area contributed by atoms with E-state index in [-0.39, 0.29) is 5.91 Å². The number of hydrogen-bond acceptors (Lipinski definition) is 4. The summed E-state index contributed by atoms with van der Waals surface area (Å²) >= 11 is 0. The van der Waals surface area contributed by atoms with Gasteiger partial charge in [0.25, 0.3) is 5.91 Å². The number of fused-ring (bicyclic) bond motifs is 1. The Balaban J connectivity index is 1.76. The van der Waals surface area contributed by atoms with E-state index in [1.807, 2.05) is 36.4 Å². The fourth-order valence-corrected chi connectivity index (χ4v) is 4.28. The first-order chi connectivity index (χ1) is 12.7. The molecule has 2 aromatic carbocycles. The topological polar surface area (TPSA) is 73.2 Å². The van der Waals surface area contributed by atoms with Crippen molar-refractivity contribution in [1.82, 2.24) is 9.78 Å². The van der Waals surface area contributed by atoms with Crippen LogP contribution in [0.1, 0.15) is 21.6 Å². The Morgan fingerprint density at radius 3 is 2.62 bits per heavy atom. The van der Waals surface area contributed by atoms with Gasteiger partial charge >= 0.3 is 0 Å². The van der Waals surface area contributed by atoms with E-state index in [1.165, 1.54) is 7.11 Å². The van der Waals surface area contributed by atoms with Crippen LogP contribution in [0.2, 0.25) is 0 Å². The average Bonchev–Trinajstić information content (AvgIpc) is 3.19. The third kappa shape index (κ3) is 2.90. The second-order valence-electron chi connectivity index (χ2n) is 5.90. The van der Waals surface area contributed by atoms with Crippen LogP contribution < -0.4 is 10.1 Å². The first-order valence-electron chi connectivity index (χ1n) is 8.13. The summed E-state index contributed by atoms with van der Waals surface area (Å²) in [7, 11) is 0.549. The van der Waals surface area contributed by atoms with Crippen molar-refractivity contribution >= 4 is 22.5 Å². The van der Waals surface area contributed by atoms with Crippen LogP contribution in [0.5, 0.6) is 5.75 Å². The molecule has 7 heteroatoms. The number of amides is 1. The van der Waals surface area contributed by atoms with Gasteiger partial charge in [-0.15, -0.1) is 0 Å². The molecule has 0 saturated carbocycles. The van der Waals surface area contributed by atoms with Gasteiger partial charge in [0.1, 0.15) is 11.6 Å². The smallest absolute Gasteiger partial charge is 0.260 e. The number of hydrogen-bond donors (Lipinski definition) is 1. The molecule has 0 saturated heterocycles. The predicted molar refractivity (Wildman–Crippen MR) is 100 cm³/mol. The Hall–Kier alpha value is -2.93. The Bertz CT molecular complexity index is 999. The molecule has 3 aromatic rings. The van der Waals surface area contributed by atoms with E-state index in [1.54, 1.807) is 22.9 Å². The highest BCUT2D eigenvalue weighted by atomic mass is 32.2. The highest BCUT2D eigenvalue weighted by Crippen LogP contribution is 2.32. The van der Waals surface area contributed by atoms with Crippen LogP contribution in [-0.4, -0.2) is 27.0 Å². The van der Waals surface area contributed by atoms with E-state index in [2.05, 4.69) is 10.4 Å². The molecule has 0 fully saturated rings. The monoisotopic (exact) mass is 367 g/mol.